The minimum atomic E-state index is -0.0648. The molecule has 0 rings (SSSR count). The second-order valence-corrected chi connectivity index (χ2v) is 1.04. The maximum Gasteiger partial charge on any atom is 3.00 e. The van der Waals surface area contributed by atoms with Crippen molar-refractivity contribution in [2.45, 2.75) is 13.2 Å². The van der Waals surface area contributed by atoms with Crippen LogP contribution < -0.4 is 0 Å². The average molecular weight is 716 g/mol. The van der Waals surface area contributed by atoms with Crippen LogP contribution in [0.4, 0.5) is 0 Å². The zero-order chi connectivity index (χ0) is 29.0. The second kappa shape index (κ2) is 9540. The molecule has 0 atom stereocenters. The first-order chi connectivity index (χ1) is 14.8. The van der Waals surface area contributed by atoms with Crippen molar-refractivity contribution in [3.05, 3.63) is 78.9 Å². The van der Waals surface area contributed by atoms with Crippen LogP contribution in [0.3, 0.4) is 0 Å². The molecular formula is C16H10Co2N12O2Zn3. The van der Waals surface area contributed by atoms with E-state index in [4.69, 9.17) is 142 Å². The number of hydrogen-bond acceptors (Lipinski definition) is 14. The summed E-state index contributed by atoms with van der Waals surface area (Å²) >= 11 is 0. The van der Waals surface area contributed by atoms with Gasteiger partial charge in [0.15, 0.2) is 6.29 Å². The fraction of sp³-hybridized carbons (Fsp3) is 0.250. The van der Waals surface area contributed by atoms with E-state index in [0.29, 0.717) is 0 Å². The monoisotopic (exact) mass is 712 g/mol. The Balaban J connectivity index is -0.00000000570. The molecule has 0 aliphatic rings. The summed E-state index contributed by atoms with van der Waals surface area (Å²) in [5.41, 5.74) is 0. The van der Waals surface area contributed by atoms with Crippen molar-refractivity contribution < 1.29 is 101 Å². The van der Waals surface area contributed by atoms with Gasteiger partial charge in [0.25, 0.3) is 0 Å². The van der Waals surface area contributed by atoms with Gasteiger partial charge in [-0.05, 0) is 6.92 Å². The molecule has 0 saturated carbocycles. The fourth-order valence-corrected chi connectivity index (χ4v) is 0.0962. The van der Waals surface area contributed by atoms with E-state index in [-0.39, 0.29) is 98.3 Å². The molecule has 0 saturated heterocycles. The van der Waals surface area contributed by atoms with Crippen molar-refractivity contribution in [2.75, 3.05) is 14.2 Å². The summed E-state index contributed by atoms with van der Waals surface area (Å²) in [6.07, 6.45) is -0.0648. The smallest absolute Gasteiger partial charge is 0.512 e. The summed E-state index contributed by atoms with van der Waals surface area (Å²) in [4.78, 5) is 0. The molecule has 19 heteroatoms. The molecule has 0 aromatic heterocycles. The Bertz CT molecular complexity index is 313. The first-order valence-corrected chi connectivity index (χ1v) is 4.55. The summed E-state index contributed by atoms with van der Waals surface area (Å²) in [6, 6.07) is 0. The number of rotatable bonds is 2. The third-order valence-corrected chi connectivity index (χ3v) is 0.664. The van der Waals surface area contributed by atoms with E-state index in [1.807, 2.05) is 6.92 Å². The summed E-state index contributed by atoms with van der Waals surface area (Å²) in [5, 5.41) is 75.0. The zero-order valence-electron chi connectivity index (χ0n) is 18.5. The van der Waals surface area contributed by atoms with Gasteiger partial charge in [-0.2, -0.15) is 0 Å². The van der Waals surface area contributed by atoms with Crippen LogP contribution in [0.15, 0.2) is 0 Å². The van der Waals surface area contributed by atoms with Gasteiger partial charge in [-0.25, -0.2) is 0 Å². The molecule has 0 radical (unpaired) electrons. The molecule has 0 amide bonds. The van der Waals surface area contributed by atoms with Gasteiger partial charge in [0.2, 0.25) is 0 Å². The average Bonchev–Trinajstić information content (AvgIpc) is 2.97. The van der Waals surface area contributed by atoms with E-state index in [2.05, 4.69) is 9.47 Å². The molecule has 0 unspecified atom stereocenters. The molecule has 0 bridgehead atoms. The van der Waals surface area contributed by atoms with E-state index in [1.165, 1.54) is 0 Å². The Morgan fingerprint density at radius 3 is 0.400 bits per heavy atom. The quantitative estimate of drug-likeness (QED) is 0.223. The molecule has 0 fully saturated rings. The molecule has 0 aromatic rings. The van der Waals surface area contributed by atoms with E-state index >= 15 is 0 Å². The Hall–Kier alpha value is -3.32. The molecule has 0 aliphatic carbocycles. The molecule has 170 valence electrons. The maximum absolute atomic E-state index is 6.25. The summed E-state index contributed by atoms with van der Waals surface area (Å²) in [5.74, 6) is 0. The van der Waals surface area contributed by atoms with Gasteiger partial charge < -0.3 is 151 Å². The molecule has 0 aliphatic heterocycles. The Morgan fingerprint density at radius 1 is 0.343 bits per heavy atom. The molecule has 35 heavy (non-hydrogen) atoms. The number of methoxy groups -OCH3 is 2. The van der Waals surface area contributed by atoms with Gasteiger partial charge in [0.05, 0.1) is 0 Å². The Labute approximate surface area is 269 Å². The topological polar surface area (TPSA) is 304 Å². The minimum Gasteiger partial charge on any atom is -0.512 e. The number of nitrogens with zero attached hydrogens (tertiary/aromatic N) is 12. The van der Waals surface area contributed by atoms with Crippen molar-refractivity contribution in [1.82, 2.24) is 0 Å². The Kier molecular flexibility index (Phi) is 43400. The minimum absolute atomic E-state index is 0. The molecular weight excluding hydrogens is 706 g/mol. The van der Waals surface area contributed by atoms with Crippen molar-refractivity contribution in [3.63, 3.8) is 0 Å². The van der Waals surface area contributed by atoms with Crippen LogP contribution in [-0.2, 0) is 101 Å². The van der Waals surface area contributed by atoms with Crippen LogP contribution in [0.2, 0.25) is 0 Å². The van der Waals surface area contributed by atoms with Gasteiger partial charge in [-0.15, -0.1) is 0 Å². The van der Waals surface area contributed by atoms with Crippen molar-refractivity contribution in [1.29, 1.82) is 63.1 Å². The van der Waals surface area contributed by atoms with Gasteiger partial charge in [-0.3, -0.25) is 0 Å². The number of ether oxygens (including phenoxy) is 2. The van der Waals surface area contributed by atoms with Crippen LogP contribution in [0, 0.1) is 142 Å². The van der Waals surface area contributed by atoms with Crippen molar-refractivity contribution in [2.24, 2.45) is 0 Å². The third-order valence-electron chi connectivity index (χ3n) is 0.664. The zero-order valence-corrected chi connectivity index (χ0v) is 29.5. The molecule has 0 heterocycles. The second-order valence-electron chi connectivity index (χ2n) is 1.04. The first kappa shape index (κ1) is 159. The van der Waals surface area contributed by atoms with E-state index in [9.17, 15) is 0 Å². The summed E-state index contributed by atoms with van der Waals surface area (Å²) in [7, 11) is 3.21. The summed E-state index contributed by atoms with van der Waals surface area (Å²) in [6.45, 7) is 58.8. The van der Waals surface area contributed by atoms with Crippen LogP contribution >= 0.6 is 0 Å². The first-order valence-electron chi connectivity index (χ1n) is 4.55. The van der Waals surface area contributed by atoms with Gasteiger partial charge in [0.1, 0.15) is 0 Å². The van der Waals surface area contributed by atoms with Gasteiger partial charge in [-0.1, -0.05) is 0 Å². The fourth-order valence-electron chi connectivity index (χ4n) is 0.0962. The van der Waals surface area contributed by atoms with Crippen LogP contribution in [0.5, 0.6) is 0 Å². The van der Waals surface area contributed by atoms with E-state index in [0.717, 1.165) is 0 Å². The van der Waals surface area contributed by atoms with E-state index in [1.54, 1.807) is 14.2 Å². The van der Waals surface area contributed by atoms with E-state index < -0.39 is 0 Å². The van der Waals surface area contributed by atoms with Crippen molar-refractivity contribution in [3.8, 4) is 0 Å². The predicted octanol–water partition coefficient (Wildman–Crippen LogP) is 1.77. The van der Waals surface area contributed by atoms with Gasteiger partial charge >= 0.3 is 92.0 Å². The Morgan fingerprint density at radius 2 is 0.400 bits per heavy atom. The van der Waals surface area contributed by atoms with Gasteiger partial charge in [0, 0.05) is 14.2 Å². The third kappa shape index (κ3) is 54100. The molecule has 0 N–H and O–H groups in total. The maximum atomic E-state index is 6.25. The number of hydrogen-bond donors (Lipinski definition) is 0. The summed E-state index contributed by atoms with van der Waals surface area (Å²) < 4.78 is 9.35. The largest absolute Gasteiger partial charge is 3.00 e. The molecule has 0 spiro atoms. The molecule has 0 aromatic carbocycles. The standard InChI is InChI=1S/C4H10O2.12CN.2Co.3Zn/c1-4(5-2)6-3;12*1-2;;;;;/h4H,1-3H3;;;;;;;;;;;;;;;;;/q;12*-1;2*+3;3*+2. The molecule has 14 nitrogen and oxygen atoms in total. The SMILES string of the molecule is COC(C)OC.[C-]#N.[C-]#N.[C-]#N.[C-]#N.[C-]#N.[C-]#N.[C-]#N.[C-]#N.[C-]#N.[C-]#N.[C-]#N.[C-]#N.[Co+3].[Co+3].[Zn+2].[Zn+2].[Zn+2]. The van der Waals surface area contributed by atoms with Crippen LogP contribution in [-0.4, -0.2) is 20.5 Å². The van der Waals surface area contributed by atoms with Crippen LogP contribution in [0.1, 0.15) is 6.92 Å². The van der Waals surface area contributed by atoms with Crippen molar-refractivity contribution >= 4 is 0 Å². The normalized spacial score (nSPS) is 2.40. The predicted molar refractivity (Wildman–Crippen MR) is 83.1 cm³/mol. The van der Waals surface area contributed by atoms with Crippen LogP contribution in [0.25, 0.3) is 0 Å².